The van der Waals surface area contributed by atoms with E-state index in [1.54, 1.807) is 11.3 Å². The minimum Gasteiger partial charge on any atom is -0.381 e. The van der Waals surface area contributed by atoms with Crippen molar-refractivity contribution in [3.63, 3.8) is 0 Å². The van der Waals surface area contributed by atoms with Gasteiger partial charge in [-0.2, -0.15) is 0 Å². The number of ether oxygens (including phenoxy) is 1. The topological polar surface area (TPSA) is 34.1 Å². The van der Waals surface area contributed by atoms with Crippen LogP contribution in [0.5, 0.6) is 0 Å². The van der Waals surface area contributed by atoms with Gasteiger partial charge < -0.3 is 10.1 Å². The minimum atomic E-state index is 0.482. The lowest BCUT2D eigenvalue weighted by molar-refractivity contribution is 0.0904. The number of hydrogen-bond donors (Lipinski definition) is 1. The molecule has 1 aliphatic rings. The predicted octanol–water partition coefficient (Wildman–Crippen LogP) is 3.85. The highest BCUT2D eigenvalue weighted by atomic mass is 35.5. The molecule has 0 unspecified atom stereocenters. The molecule has 1 aromatic carbocycles. The highest BCUT2D eigenvalue weighted by Gasteiger charge is 2.15. The summed E-state index contributed by atoms with van der Waals surface area (Å²) in [6, 6.07) is 4.42. The molecule has 2 heterocycles. The Bertz CT molecular complexity index is 563. The van der Waals surface area contributed by atoms with Gasteiger partial charge in [0.1, 0.15) is 0 Å². The maximum absolute atomic E-state index is 6.07. The zero-order valence-corrected chi connectivity index (χ0v) is 11.8. The molecule has 2 aromatic rings. The van der Waals surface area contributed by atoms with Gasteiger partial charge in [0.2, 0.25) is 0 Å². The van der Waals surface area contributed by atoms with Crippen molar-refractivity contribution in [3.8, 4) is 0 Å². The maximum Gasteiger partial charge on any atom is 0.184 e. The largest absolute Gasteiger partial charge is 0.381 e. The molecule has 1 N–H and O–H groups in total. The van der Waals surface area contributed by atoms with Crippen LogP contribution in [0.2, 0.25) is 5.02 Å². The fourth-order valence-corrected chi connectivity index (χ4v) is 3.63. The number of halogens is 1. The van der Waals surface area contributed by atoms with Crippen LogP contribution in [0, 0.1) is 6.92 Å². The number of thiazole rings is 1. The number of anilines is 1. The number of fused-ring (bicyclic) bond motifs is 1. The van der Waals surface area contributed by atoms with Gasteiger partial charge in [0.05, 0.1) is 10.2 Å². The van der Waals surface area contributed by atoms with E-state index < -0.39 is 0 Å². The molecule has 18 heavy (non-hydrogen) atoms. The SMILES string of the molecule is Cc1cc(Cl)cc2sc(NC3CCOCC3)nc12. The van der Waals surface area contributed by atoms with E-state index in [1.807, 2.05) is 19.1 Å². The summed E-state index contributed by atoms with van der Waals surface area (Å²) in [6.45, 7) is 3.73. The molecule has 1 aromatic heterocycles. The minimum absolute atomic E-state index is 0.482. The lowest BCUT2D eigenvalue weighted by Gasteiger charge is -2.22. The van der Waals surface area contributed by atoms with Gasteiger partial charge in [-0.05, 0) is 37.5 Å². The summed E-state index contributed by atoms with van der Waals surface area (Å²) in [4.78, 5) is 4.66. The van der Waals surface area contributed by atoms with E-state index in [-0.39, 0.29) is 0 Å². The Labute approximate surface area is 115 Å². The van der Waals surface area contributed by atoms with E-state index in [9.17, 15) is 0 Å². The van der Waals surface area contributed by atoms with E-state index in [0.717, 1.165) is 52.0 Å². The Hall–Kier alpha value is -0.840. The van der Waals surface area contributed by atoms with Crippen molar-refractivity contribution in [2.24, 2.45) is 0 Å². The van der Waals surface area contributed by atoms with Crippen LogP contribution in [0.1, 0.15) is 18.4 Å². The summed E-state index contributed by atoms with van der Waals surface area (Å²) >= 11 is 7.74. The zero-order valence-electron chi connectivity index (χ0n) is 10.2. The smallest absolute Gasteiger partial charge is 0.184 e. The molecule has 0 radical (unpaired) electrons. The van der Waals surface area contributed by atoms with Gasteiger partial charge in [-0.1, -0.05) is 22.9 Å². The first kappa shape index (κ1) is 12.2. The van der Waals surface area contributed by atoms with Crippen molar-refractivity contribution in [1.82, 2.24) is 4.98 Å². The molecular formula is C13H15ClN2OS. The Balaban J connectivity index is 1.86. The molecule has 1 aliphatic heterocycles. The van der Waals surface area contributed by atoms with E-state index in [2.05, 4.69) is 10.3 Å². The fraction of sp³-hybridized carbons (Fsp3) is 0.462. The molecular weight excluding hydrogens is 268 g/mol. The molecule has 0 atom stereocenters. The molecule has 1 fully saturated rings. The van der Waals surface area contributed by atoms with Crippen LogP contribution in [0.3, 0.4) is 0 Å². The van der Waals surface area contributed by atoms with Gasteiger partial charge >= 0.3 is 0 Å². The zero-order chi connectivity index (χ0) is 12.5. The number of nitrogens with one attached hydrogen (secondary N) is 1. The van der Waals surface area contributed by atoms with Gasteiger partial charge in [0, 0.05) is 24.3 Å². The molecule has 0 spiro atoms. The Morgan fingerprint density at radius 2 is 2.17 bits per heavy atom. The summed E-state index contributed by atoms with van der Waals surface area (Å²) in [7, 11) is 0. The third kappa shape index (κ3) is 2.46. The summed E-state index contributed by atoms with van der Waals surface area (Å²) < 4.78 is 6.50. The van der Waals surface area contributed by atoms with E-state index in [4.69, 9.17) is 16.3 Å². The summed E-state index contributed by atoms with van der Waals surface area (Å²) in [6.07, 6.45) is 2.10. The van der Waals surface area contributed by atoms with Crippen molar-refractivity contribution in [2.75, 3.05) is 18.5 Å². The Morgan fingerprint density at radius 1 is 1.39 bits per heavy atom. The fourth-order valence-electron chi connectivity index (χ4n) is 2.23. The number of aromatic nitrogens is 1. The van der Waals surface area contributed by atoms with E-state index >= 15 is 0 Å². The standard InChI is InChI=1S/C13H15ClN2OS/c1-8-6-9(14)7-11-12(8)16-13(18-11)15-10-2-4-17-5-3-10/h6-7,10H,2-5H2,1H3,(H,15,16). The Kier molecular flexibility index (Phi) is 3.41. The van der Waals surface area contributed by atoms with E-state index in [1.165, 1.54) is 0 Å². The molecule has 3 nitrogen and oxygen atoms in total. The number of nitrogens with zero attached hydrogens (tertiary/aromatic N) is 1. The number of rotatable bonds is 2. The molecule has 1 saturated heterocycles. The molecule has 96 valence electrons. The van der Waals surface area contributed by atoms with Gasteiger partial charge in [0.25, 0.3) is 0 Å². The maximum atomic E-state index is 6.07. The van der Waals surface area contributed by atoms with Crippen molar-refractivity contribution in [3.05, 3.63) is 22.7 Å². The second-order valence-electron chi connectivity index (χ2n) is 4.62. The normalized spacial score (nSPS) is 17.2. The molecule has 0 aliphatic carbocycles. The third-order valence-electron chi connectivity index (χ3n) is 3.20. The second-order valence-corrected chi connectivity index (χ2v) is 6.09. The highest BCUT2D eigenvalue weighted by molar-refractivity contribution is 7.22. The molecule has 0 bridgehead atoms. The van der Waals surface area contributed by atoms with Crippen LogP contribution in [-0.2, 0) is 4.74 Å². The first-order chi connectivity index (χ1) is 8.72. The molecule has 5 heteroatoms. The average molecular weight is 283 g/mol. The van der Waals surface area contributed by atoms with Crippen LogP contribution in [0.15, 0.2) is 12.1 Å². The van der Waals surface area contributed by atoms with Crippen LogP contribution < -0.4 is 5.32 Å². The summed E-state index contributed by atoms with van der Waals surface area (Å²) in [5.41, 5.74) is 2.19. The first-order valence-electron chi connectivity index (χ1n) is 6.13. The lowest BCUT2D eigenvalue weighted by atomic mass is 10.1. The second kappa shape index (κ2) is 5.03. The van der Waals surface area contributed by atoms with Gasteiger partial charge in [-0.3, -0.25) is 0 Å². The average Bonchev–Trinajstić information content (AvgIpc) is 2.73. The number of hydrogen-bond acceptors (Lipinski definition) is 4. The van der Waals surface area contributed by atoms with Gasteiger partial charge in [-0.15, -0.1) is 0 Å². The van der Waals surface area contributed by atoms with Crippen LogP contribution in [0.4, 0.5) is 5.13 Å². The van der Waals surface area contributed by atoms with Crippen LogP contribution in [0.25, 0.3) is 10.2 Å². The van der Waals surface area contributed by atoms with Crippen molar-refractivity contribution < 1.29 is 4.74 Å². The predicted molar refractivity (Wildman–Crippen MR) is 76.8 cm³/mol. The molecule has 0 amide bonds. The molecule has 3 rings (SSSR count). The van der Waals surface area contributed by atoms with E-state index in [0.29, 0.717) is 6.04 Å². The number of aryl methyl sites for hydroxylation is 1. The monoisotopic (exact) mass is 282 g/mol. The lowest BCUT2D eigenvalue weighted by Crippen LogP contribution is -2.27. The van der Waals surface area contributed by atoms with Gasteiger partial charge in [-0.25, -0.2) is 4.98 Å². The Morgan fingerprint density at radius 3 is 2.94 bits per heavy atom. The van der Waals surface area contributed by atoms with Gasteiger partial charge in [0.15, 0.2) is 5.13 Å². The van der Waals surface area contributed by atoms with Crippen molar-refractivity contribution in [1.29, 1.82) is 0 Å². The first-order valence-corrected chi connectivity index (χ1v) is 7.33. The van der Waals surface area contributed by atoms with Crippen LogP contribution in [-0.4, -0.2) is 24.2 Å². The quantitative estimate of drug-likeness (QED) is 0.908. The summed E-state index contributed by atoms with van der Waals surface area (Å²) in [5, 5.41) is 5.27. The van der Waals surface area contributed by atoms with Crippen molar-refractivity contribution >= 4 is 38.3 Å². The highest BCUT2D eigenvalue weighted by Crippen LogP contribution is 2.31. The van der Waals surface area contributed by atoms with Crippen LogP contribution >= 0.6 is 22.9 Å². The molecule has 0 saturated carbocycles. The van der Waals surface area contributed by atoms with Crippen molar-refractivity contribution in [2.45, 2.75) is 25.8 Å². The summed E-state index contributed by atoms with van der Waals surface area (Å²) in [5.74, 6) is 0. The number of benzene rings is 1. The third-order valence-corrected chi connectivity index (χ3v) is 4.35.